The summed E-state index contributed by atoms with van der Waals surface area (Å²) in [7, 11) is 1.33. The third-order valence-corrected chi connectivity index (χ3v) is 1.62. The van der Waals surface area contributed by atoms with E-state index < -0.39 is 5.41 Å². The molecule has 0 aliphatic heterocycles. The van der Waals surface area contributed by atoms with Gasteiger partial charge in [-0.2, -0.15) is 0 Å². The molecule has 0 radical (unpaired) electrons. The van der Waals surface area contributed by atoms with Crippen molar-refractivity contribution in [3.63, 3.8) is 0 Å². The summed E-state index contributed by atoms with van der Waals surface area (Å²) in [4.78, 5) is 21.4. The van der Waals surface area contributed by atoms with Gasteiger partial charge in [0.05, 0.1) is 7.11 Å². The van der Waals surface area contributed by atoms with E-state index in [1.54, 1.807) is 0 Å². The van der Waals surface area contributed by atoms with Gasteiger partial charge in [-0.3, -0.25) is 0 Å². The van der Waals surface area contributed by atoms with Crippen molar-refractivity contribution in [3.8, 4) is 0 Å². The standard InChI is InChI=1S/C10H16O3/c1-8(5-9(12)13-4)6-10(2,3)7-11/h5,7H,6H2,1-4H3/b8-5-. The molecule has 0 aliphatic rings. The first-order valence-electron chi connectivity index (χ1n) is 4.13. The quantitative estimate of drug-likeness (QED) is 0.379. The van der Waals surface area contributed by atoms with Crippen LogP contribution in [0.15, 0.2) is 11.6 Å². The number of ether oxygens (including phenoxy) is 1. The van der Waals surface area contributed by atoms with Gasteiger partial charge in [-0.1, -0.05) is 19.4 Å². The number of rotatable bonds is 4. The zero-order chi connectivity index (χ0) is 10.5. The van der Waals surface area contributed by atoms with E-state index in [0.29, 0.717) is 6.42 Å². The van der Waals surface area contributed by atoms with Gasteiger partial charge in [-0.05, 0) is 13.3 Å². The Hall–Kier alpha value is -1.12. The van der Waals surface area contributed by atoms with Gasteiger partial charge in [0.1, 0.15) is 6.29 Å². The van der Waals surface area contributed by atoms with Crippen LogP contribution in [-0.2, 0) is 14.3 Å². The van der Waals surface area contributed by atoms with E-state index in [2.05, 4.69) is 4.74 Å². The van der Waals surface area contributed by atoms with Gasteiger partial charge in [0.15, 0.2) is 0 Å². The SMILES string of the molecule is COC(=O)/C=C(/C)CC(C)(C)C=O. The molecule has 0 rings (SSSR count). The van der Waals surface area contributed by atoms with Gasteiger partial charge in [-0.25, -0.2) is 4.79 Å². The molecular weight excluding hydrogens is 168 g/mol. The summed E-state index contributed by atoms with van der Waals surface area (Å²) in [6.07, 6.45) is 2.87. The van der Waals surface area contributed by atoms with E-state index in [1.807, 2.05) is 20.8 Å². The Morgan fingerprint density at radius 2 is 2.00 bits per heavy atom. The molecule has 0 saturated carbocycles. The molecule has 3 heteroatoms. The molecular formula is C10H16O3. The highest BCUT2D eigenvalue weighted by molar-refractivity contribution is 5.82. The van der Waals surface area contributed by atoms with Crippen LogP contribution in [0.1, 0.15) is 27.2 Å². The van der Waals surface area contributed by atoms with E-state index in [0.717, 1.165) is 11.9 Å². The fourth-order valence-corrected chi connectivity index (χ4v) is 1.07. The number of hydrogen-bond acceptors (Lipinski definition) is 3. The molecule has 0 atom stereocenters. The fourth-order valence-electron chi connectivity index (χ4n) is 1.07. The predicted molar refractivity (Wildman–Crippen MR) is 50.2 cm³/mol. The highest BCUT2D eigenvalue weighted by Crippen LogP contribution is 2.21. The monoisotopic (exact) mass is 184 g/mol. The molecule has 0 heterocycles. The molecule has 0 fully saturated rings. The average Bonchev–Trinajstić information content (AvgIpc) is 2.03. The van der Waals surface area contributed by atoms with Crippen LogP contribution < -0.4 is 0 Å². The first kappa shape index (κ1) is 11.9. The Morgan fingerprint density at radius 1 is 1.46 bits per heavy atom. The molecule has 13 heavy (non-hydrogen) atoms. The number of methoxy groups -OCH3 is 1. The molecule has 0 aliphatic carbocycles. The van der Waals surface area contributed by atoms with Crippen LogP contribution in [-0.4, -0.2) is 19.4 Å². The molecule has 0 aromatic carbocycles. The zero-order valence-electron chi connectivity index (χ0n) is 8.59. The van der Waals surface area contributed by atoms with Gasteiger partial charge in [0.25, 0.3) is 0 Å². The maximum absolute atomic E-state index is 10.8. The number of esters is 1. The van der Waals surface area contributed by atoms with Crippen molar-refractivity contribution >= 4 is 12.3 Å². The van der Waals surface area contributed by atoms with E-state index >= 15 is 0 Å². The molecule has 0 N–H and O–H groups in total. The van der Waals surface area contributed by atoms with Gasteiger partial charge < -0.3 is 9.53 Å². The number of carbonyl (C=O) groups is 2. The lowest BCUT2D eigenvalue weighted by molar-refractivity contribution is -0.135. The molecule has 0 amide bonds. The van der Waals surface area contributed by atoms with Crippen LogP contribution in [0, 0.1) is 5.41 Å². The summed E-state index contributed by atoms with van der Waals surface area (Å²) >= 11 is 0. The van der Waals surface area contributed by atoms with E-state index in [1.165, 1.54) is 13.2 Å². The fraction of sp³-hybridized carbons (Fsp3) is 0.600. The minimum absolute atomic E-state index is 0.376. The molecule has 0 aromatic heterocycles. The van der Waals surface area contributed by atoms with Gasteiger partial charge in [0.2, 0.25) is 0 Å². The van der Waals surface area contributed by atoms with Crippen LogP contribution in [0.2, 0.25) is 0 Å². The average molecular weight is 184 g/mol. The Labute approximate surface area is 78.8 Å². The highest BCUT2D eigenvalue weighted by atomic mass is 16.5. The van der Waals surface area contributed by atoms with Crippen LogP contribution in [0.4, 0.5) is 0 Å². The first-order valence-corrected chi connectivity index (χ1v) is 4.13. The minimum atomic E-state index is -0.408. The number of aldehydes is 1. The van der Waals surface area contributed by atoms with Crippen LogP contribution >= 0.6 is 0 Å². The predicted octanol–water partition coefficient (Wildman–Crippen LogP) is 1.72. The summed E-state index contributed by atoms with van der Waals surface area (Å²) in [6, 6.07) is 0. The molecule has 0 unspecified atom stereocenters. The lowest BCUT2D eigenvalue weighted by Gasteiger charge is -2.16. The second kappa shape index (κ2) is 4.80. The molecule has 0 bridgehead atoms. The summed E-state index contributed by atoms with van der Waals surface area (Å²) in [5, 5.41) is 0. The molecule has 0 aromatic rings. The van der Waals surface area contributed by atoms with Crippen molar-refractivity contribution in [2.45, 2.75) is 27.2 Å². The maximum atomic E-state index is 10.8. The third-order valence-electron chi connectivity index (χ3n) is 1.62. The van der Waals surface area contributed by atoms with Crippen molar-refractivity contribution in [3.05, 3.63) is 11.6 Å². The van der Waals surface area contributed by atoms with Crippen molar-refractivity contribution in [2.24, 2.45) is 5.41 Å². The van der Waals surface area contributed by atoms with E-state index in [9.17, 15) is 9.59 Å². The Balaban J connectivity index is 4.29. The van der Waals surface area contributed by atoms with E-state index in [-0.39, 0.29) is 5.97 Å². The van der Waals surface area contributed by atoms with Crippen LogP contribution in [0.5, 0.6) is 0 Å². The zero-order valence-corrected chi connectivity index (χ0v) is 8.59. The molecule has 0 spiro atoms. The summed E-state index contributed by atoms with van der Waals surface area (Å²) in [6.45, 7) is 5.46. The number of carbonyl (C=O) groups excluding carboxylic acids is 2. The van der Waals surface area contributed by atoms with Crippen molar-refractivity contribution < 1.29 is 14.3 Å². The minimum Gasteiger partial charge on any atom is -0.466 e. The normalized spacial score (nSPS) is 12.5. The summed E-state index contributed by atoms with van der Waals surface area (Å²) in [5.74, 6) is -0.376. The number of allylic oxidation sites excluding steroid dienone is 1. The van der Waals surface area contributed by atoms with Crippen LogP contribution in [0.25, 0.3) is 0 Å². The molecule has 74 valence electrons. The van der Waals surface area contributed by atoms with Gasteiger partial charge in [0, 0.05) is 11.5 Å². The maximum Gasteiger partial charge on any atom is 0.330 e. The van der Waals surface area contributed by atoms with Crippen LogP contribution in [0.3, 0.4) is 0 Å². The largest absolute Gasteiger partial charge is 0.466 e. The topological polar surface area (TPSA) is 43.4 Å². The second-order valence-corrected chi connectivity index (χ2v) is 3.80. The Bertz CT molecular complexity index is 226. The number of hydrogen-bond donors (Lipinski definition) is 0. The lowest BCUT2D eigenvalue weighted by Crippen LogP contribution is -2.13. The first-order chi connectivity index (χ1) is 5.91. The Morgan fingerprint density at radius 3 is 2.38 bits per heavy atom. The molecule has 0 saturated heterocycles. The van der Waals surface area contributed by atoms with Crippen molar-refractivity contribution in [1.29, 1.82) is 0 Å². The third kappa shape index (κ3) is 5.17. The summed E-state index contributed by atoms with van der Waals surface area (Å²) in [5.41, 5.74) is 0.443. The highest BCUT2D eigenvalue weighted by Gasteiger charge is 2.17. The molecule has 3 nitrogen and oxygen atoms in total. The smallest absolute Gasteiger partial charge is 0.330 e. The van der Waals surface area contributed by atoms with Crippen molar-refractivity contribution in [1.82, 2.24) is 0 Å². The van der Waals surface area contributed by atoms with Crippen molar-refractivity contribution in [2.75, 3.05) is 7.11 Å². The Kier molecular flexibility index (Phi) is 4.38. The second-order valence-electron chi connectivity index (χ2n) is 3.80. The van der Waals surface area contributed by atoms with Gasteiger partial charge >= 0.3 is 5.97 Å². The summed E-state index contributed by atoms with van der Waals surface area (Å²) < 4.78 is 4.47. The van der Waals surface area contributed by atoms with Gasteiger partial charge in [-0.15, -0.1) is 0 Å². The van der Waals surface area contributed by atoms with E-state index in [4.69, 9.17) is 0 Å². The lowest BCUT2D eigenvalue weighted by atomic mass is 9.88.